The third kappa shape index (κ3) is 4.00. The van der Waals surface area contributed by atoms with Crippen LogP contribution >= 0.6 is 11.3 Å². The quantitative estimate of drug-likeness (QED) is 0.677. The maximum Gasteiger partial charge on any atom is 0.310 e. The Morgan fingerprint density at radius 2 is 2.12 bits per heavy atom. The van der Waals surface area contributed by atoms with Gasteiger partial charge in [0.2, 0.25) is 0 Å². The maximum absolute atomic E-state index is 12.6. The van der Waals surface area contributed by atoms with Crippen molar-refractivity contribution in [2.45, 2.75) is 19.9 Å². The fraction of sp³-hybridized carbons (Fsp3) is 0.211. The van der Waals surface area contributed by atoms with Crippen LogP contribution in [-0.4, -0.2) is 22.7 Å². The molecule has 3 rings (SSSR count). The number of aryl methyl sites for hydroxylation is 1. The van der Waals surface area contributed by atoms with Crippen molar-refractivity contribution in [1.82, 2.24) is 9.66 Å². The third-order valence-electron chi connectivity index (χ3n) is 3.98. The molecule has 0 aliphatic heterocycles. The van der Waals surface area contributed by atoms with Crippen LogP contribution in [0.2, 0.25) is 0 Å². The zero-order valence-corrected chi connectivity index (χ0v) is 15.4. The molecule has 7 heteroatoms. The van der Waals surface area contributed by atoms with Crippen molar-refractivity contribution in [1.29, 1.82) is 0 Å². The predicted molar refractivity (Wildman–Crippen MR) is 102 cm³/mol. The highest BCUT2D eigenvalue weighted by Gasteiger charge is 2.12. The third-order valence-corrected chi connectivity index (χ3v) is 5.09. The lowest BCUT2D eigenvalue weighted by Crippen LogP contribution is -2.32. The fourth-order valence-electron chi connectivity index (χ4n) is 2.51. The zero-order valence-electron chi connectivity index (χ0n) is 14.6. The first-order valence-electron chi connectivity index (χ1n) is 8.10. The van der Waals surface area contributed by atoms with Crippen molar-refractivity contribution in [2.75, 3.05) is 12.5 Å². The Bertz CT molecular complexity index is 964. The molecule has 0 amide bonds. The van der Waals surface area contributed by atoms with Crippen LogP contribution in [0.4, 0.5) is 0 Å². The molecule has 0 radical (unpaired) electrons. The standard InChI is InChI=1S/C19H19N3O3S/c1-13-8-10-22(19(24)15(13)11-18(23)25-2)21-12-14-6-7-17(26-14)16-5-3-4-9-20-16/h3-10,21H,11-12H2,1-2H3. The summed E-state index contributed by atoms with van der Waals surface area (Å²) in [6.45, 7) is 2.31. The van der Waals surface area contributed by atoms with Gasteiger partial charge in [0.1, 0.15) is 0 Å². The highest BCUT2D eigenvalue weighted by atomic mass is 32.1. The van der Waals surface area contributed by atoms with E-state index in [0.717, 1.165) is 21.0 Å². The van der Waals surface area contributed by atoms with E-state index in [4.69, 9.17) is 0 Å². The summed E-state index contributed by atoms with van der Waals surface area (Å²) in [7, 11) is 1.31. The maximum atomic E-state index is 12.6. The van der Waals surface area contributed by atoms with Gasteiger partial charge in [-0.2, -0.15) is 0 Å². The molecule has 0 saturated carbocycles. The van der Waals surface area contributed by atoms with Crippen LogP contribution in [0.3, 0.4) is 0 Å². The number of rotatable bonds is 6. The van der Waals surface area contributed by atoms with Crippen LogP contribution in [0.1, 0.15) is 16.0 Å². The molecule has 0 unspecified atom stereocenters. The number of carbonyl (C=O) groups is 1. The number of carbonyl (C=O) groups excluding carboxylic acids is 1. The number of methoxy groups -OCH3 is 1. The Morgan fingerprint density at radius 1 is 1.27 bits per heavy atom. The number of aromatic nitrogens is 2. The van der Waals surface area contributed by atoms with Crippen molar-refractivity contribution in [3.05, 3.63) is 75.1 Å². The minimum Gasteiger partial charge on any atom is -0.469 e. The van der Waals surface area contributed by atoms with Gasteiger partial charge in [0, 0.05) is 22.8 Å². The highest BCUT2D eigenvalue weighted by molar-refractivity contribution is 7.15. The normalized spacial score (nSPS) is 10.5. The van der Waals surface area contributed by atoms with Gasteiger partial charge in [0.05, 0.1) is 30.6 Å². The minimum absolute atomic E-state index is 0.0352. The van der Waals surface area contributed by atoms with Crippen molar-refractivity contribution in [2.24, 2.45) is 0 Å². The SMILES string of the molecule is COC(=O)Cc1c(C)ccn(NCc2ccc(-c3ccccn3)s2)c1=O. The molecule has 1 N–H and O–H groups in total. The largest absolute Gasteiger partial charge is 0.469 e. The number of ether oxygens (including phenoxy) is 1. The molecule has 3 heterocycles. The molecule has 0 spiro atoms. The van der Waals surface area contributed by atoms with Crippen LogP contribution in [0.15, 0.2) is 53.6 Å². The predicted octanol–water partition coefficient (Wildman–Crippen LogP) is 2.74. The zero-order chi connectivity index (χ0) is 18.5. The van der Waals surface area contributed by atoms with Crippen molar-refractivity contribution in [3.63, 3.8) is 0 Å². The second kappa shape index (κ2) is 7.97. The number of nitrogens with zero attached hydrogens (tertiary/aromatic N) is 2. The molecule has 0 saturated heterocycles. The van der Waals surface area contributed by atoms with Gasteiger partial charge in [-0.1, -0.05) is 6.07 Å². The second-order valence-corrected chi connectivity index (χ2v) is 6.89. The molecule has 0 atom stereocenters. The first kappa shape index (κ1) is 17.9. The van der Waals surface area contributed by atoms with Crippen LogP contribution < -0.4 is 11.0 Å². The van der Waals surface area contributed by atoms with Gasteiger partial charge in [-0.25, -0.2) is 4.68 Å². The molecule has 0 aliphatic rings. The number of esters is 1. The average molecular weight is 369 g/mol. The monoisotopic (exact) mass is 369 g/mol. The van der Waals surface area contributed by atoms with E-state index in [2.05, 4.69) is 15.1 Å². The van der Waals surface area contributed by atoms with Gasteiger partial charge in [0.25, 0.3) is 5.56 Å². The van der Waals surface area contributed by atoms with E-state index in [9.17, 15) is 9.59 Å². The molecule has 0 aliphatic carbocycles. The fourth-order valence-corrected chi connectivity index (χ4v) is 3.42. The van der Waals surface area contributed by atoms with Crippen molar-refractivity contribution < 1.29 is 9.53 Å². The highest BCUT2D eigenvalue weighted by Crippen LogP contribution is 2.26. The topological polar surface area (TPSA) is 73.2 Å². The van der Waals surface area contributed by atoms with Crippen molar-refractivity contribution >= 4 is 17.3 Å². The smallest absolute Gasteiger partial charge is 0.310 e. The number of pyridine rings is 2. The minimum atomic E-state index is -0.429. The number of nitrogens with one attached hydrogen (secondary N) is 1. The summed E-state index contributed by atoms with van der Waals surface area (Å²) in [6, 6.07) is 11.6. The lowest BCUT2D eigenvalue weighted by molar-refractivity contribution is -0.139. The van der Waals surface area contributed by atoms with E-state index in [1.165, 1.54) is 11.8 Å². The summed E-state index contributed by atoms with van der Waals surface area (Å²) in [6.07, 6.45) is 3.40. The van der Waals surface area contributed by atoms with Crippen LogP contribution in [-0.2, 0) is 22.5 Å². The average Bonchev–Trinajstić information content (AvgIpc) is 3.14. The number of hydrogen-bond acceptors (Lipinski definition) is 6. The Morgan fingerprint density at radius 3 is 2.85 bits per heavy atom. The molecule has 6 nitrogen and oxygen atoms in total. The van der Waals surface area contributed by atoms with Gasteiger partial charge < -0.3 is 10.2 Å². The molecule has 26 heavy (non-hydrogen) atoms. The number of hydrogen-bond donors (Lipinski definition) is 1. The Kier molecular flexibility index (Phi) is 5.48. The van der Waals surface area contributed by atoms with E-state index in [0.29, 0.717) is 12.1 Å². The molecule has 3 aromatic rings. The molecular formula is C19H19N3O3S. The van der Waals surface area contributed by atoms with E-state index < -0.39 is 5.97 Å². The Hall–Kier alpha value is -2.93. The first-order valence-corrected chi connectivity index (χ1v) is 8.92. The Balaban J connectivity index is 1.74. The summed E-state index contributed by atoms with van der Waals surface area (Å²) in [4.78, 5) is 30.6. The summed E-state index contributed by atoms with van der Waals surface area (Å²) in [5.41, 5.74) is 4.99. The van der Waals surface area contributed by atoms with Crippen LogP contribution in [0.5, 0.6) is 0 Å². The lowest BCUT2D eigenvalue weighted by atomic mass is 10.1. The van der Waals surface area contributed by atoms with E-state index in [-0.39, 0.29) is 12.0 Å². The van der Waals surface area contributed by atoms with E-state index >= 15 is 0 Å². The van der Waals surface area contributed by atoms with E-state index in [1.54, 1.807) is 29.8 Å². The molecule has 0 fully saturated rings. The van der Waals surface area contributed by atoms with Crippen molar-refractivity contribution in [3.8, 4) is 10.6 Å². The molecule has 0 bridgehead atoms. The molecule has 134 valence electrons. The van der Waals surface area contributed by atoms with Gasteiger partial charge in [-0.3, -0.25) is 14.6 Å². The van der Waals surface area contributed by atoms with Gasteiger partial charge >= 0.3 is 5.97 Å². The van der Waals surface area contributed by atoms with E-state index in [1.807, 2.05) is 37.3 Å². The second-order valence-electron chi connectivity index (χ2n) is 5.72. The Labute approximate surface area is 155 Å². The van der Waals surface area contributed by atoms with Crippen LogP contribution in [0, 0.1) is 6.92 Å². The first-order chi connectivity index (χ1) is 12.6. The molecule has 0 aromatic carbocycles. The summed E-state index contributed by atoms with van der Waals surface area (Å²) < 4.78 is 6.07. The van der Waals surface area contributed by atoms with Gasteiger partial charge in [0.15, 0.2) is 0 Å². The molecular weight excluding hydrogens is 350 g/mol. The summed E-state index contributed by atoms with van der Waals surface area (Å²) in [5, 5.41) is 0. The summed E-state index contributed by atoms with van der Waals surface area (Å²) >= 11 is 1.62. The molecule has 3 aromatic heterocycles. The summed E-state index contributed by atoms with van der Waals surface area (Å²) in [5.74, 6) is -0.429. The van der Waals surface area contributed by atoms with Gasteiger partial charge in [-0.05, 0) is 42.8 Å². The van der Waals surface area contributed by atoms with Gasteiger partial charge in [-0.15, -0.1) is 11.3 Å². The lowest BCUT2D eigenvalue weighted by Gasteiger charge is -2.11. The number of thiophene rings is 1. The van der Waals surface area contributed by atoms with Crippen LogP contribution in [0.25, 0.3) is 10.6 Å².